The predicted octanol–water partition coefficient (Wildman–Crippen LogP) is 0.173. The molecule has 0 aliphatic carbocycles. The van der Waals surface area contributed by atoms with Gasteiger partial charge in [0.05, 0.1) is 18.2 Å². The van der Waals surface area contributed by atoms with E-state index in [2.05, 4.69) is 26.6 Å². The third kappa shape index (κ3) is 5.56. The van der Waals surface area contributed by atoms with E-state index >= 15 is 0 Å². The van der Waals surface area contributed by atoms with Crippen LogP contribution >= 0.6 is 0 Å². The summed E-state index contributed by atoms with van der Waals surface area (Å²) < 4.78 is 0. The van der Waals surface area contributed by atoms with Gasteiger partial charge < -0.3 is 16.4 Å². The van der Waals surface area contributed by atoms with Crippen LogP contribution in [-0.4, -0.2) is 49.5 Å². The van der Waals surface area contributed by atoms with Gasteiger partial charge in [-0.05, 0) is 30.5 Å². The number of carbonyl (C=O) groups excluding carboxylic acids is 1. The molecule has 24 heavy (non-hydrogen) atoms. The highest BCUT2D eigenvalue weighted by Gasteiger charge is 2.20. The largest absolute Gasteiger partial charge is 0.369 e. The molecule has 0 spiro atoms. The standard InChI is InChI=1S/C17H24N6O/c1-20-17(21-11-14-4-2-3-13(9-14)10-18)22-15-5-7-23(8-6-15)12-16(19)24/h2-4,9,15H,5-8,11-12H2,1H3,(H2,19,24)(H2,20,21,22). The minimum absolute atomic E-state index is 0.279. The molecule has 1 amide bonds. The number of rotatable bonds is 5. The van der Waals surface area contributed by atoms with E-state index in [9.17, 15) is 4.79 Å². The Morgan fingerprint density at radius 1 is 1.46 bits per heavy atom. The number of likely N-dealkylation sites (tertiary alicyclic amines) is 1. The van der Waals surface area contributed by atoms with Gasteiger partial charge in [-0.15, -0.1) is 0 Å². The van der Waals surface area contributed by atoms with Gasteiger partial charge in [-0.3, -0.25) is 14.7 Å². The van der Waals surface area contributed by atoms with Crippen LogP contribution in [0.1, 0.15) is 24.0 Å². The van der Waals surface area contributed by atoms with Gasteiger partial charge in [-0.2, -0.15) is 5.26 Å². The molecule has 0 aromatic heterocycles. The molecule has 0 bridgehead atoms. The lowest BCUT2D eigenvalue weighted by atomic mass is 10.1. The summed E-state index contributed by atoms with van der Waals surface area (Å²) in [5.41, 5.74) is 6.92. The van der Waals surface area contributed by atoms with E-state index in [0.29, 0.717) is 24.7 Å². The lowest BCUT2D eigenvalue weighted by molar-refractivity contribution is -0.119. The van der Waals surface area contributed by atoms with Crippen LogP contribution in [0.4, 0.5) is 0 Å². The molecule has 1 fully saturated rings. The first kappa shape index (κ1) is 17.8. The molecule has 0 atom stereocenters. The molecule has 1 aromatic carbocycles. The molecule has 1 saturated heterocycles. The number of nitrogens with zero attached hydrogens (tertiary/aromatic N) is 3. The van der Waals surface area contributed by atoms with Gasteiger partial charge in [-0.25, -0.2) is 0 Å². The first-order valence-electron chi connectivity index (χ1n) is 8.07. The molecular formula is C17H24N6O. The molecule has 1 aliphatic heterocycles. The van der Waals surface area contributed by atoms with Crippen LogP contribution in [0.25, 0.3) is 0 Å². The molecule has 0 radical (unpaired) electrons. The molecule has 1 heterocycles. The highest BCUT2D eigenvalue weighted by molar-refractivity contribution is 5.80. The van der Waals surface area contributed by atoms with Crippen LogP contribution in [0, 0.1) is 11.3 Å². The highest BCUT2D eigenvalue weighted by atomic mass is 16.1. The zero-order valence-corrected chi connectivity index (χ0v) is 14.0. The summed E-state index contributed by atoms with van der Waals surface area (Å²) in [7, 11) is 1.74. The number of aliphatic imine (C=N–C) groups is 1. The molecule has 4 N–H and O–H groups in total. The number of hydrogen-bond donors (Lipinski definition) is 3. The Hall–Kier alpha value is -2.59. The fourth-order valence-corrected chi connectivity index (χ4v) is 2.78. The average molecular weight is 328 g/mol. The van der Waals surface area contributed by atoms with Crippen molar-refractivity contribution in [2.24, 2.45) is 10.7 Å². The van der Waals surface area contributed by atoms with Crippen molar-refractivity contribution in [3.05, 3.63) is 35.4 Å². The zero-order valence-electron chi connectivity index (χ0n) is 14.0. The zero-order chi connectivity index (χ0) is 17.4. The Labute approximate surface area is 142 Å². The molecule has 1 aliphatic rings. The Morgan fingerprint density at radius 3 is 2.83 bits per heavy atom. The number of amides is 1. The Balaban J connectivity index is 1.79. The quantitative estimate of drug-likeness (QED) is 0.528. The summed E-state index contributed by atoms with van der Waals surface area (Å²) in [6.45, 7) is 2.63. The number of carbonyl (C=O) groups is 1. The van der Waals surface area contributed by atoms with Crippen LogP contribution in [0.5, 0.6) is 0 Å². The Bertz CT molecular complexity index is 628. The fourth-order valence-electron chi connectivity index (χ4n) is 2.78. The number of benzene rings is 1. The van der Waals surface area contributed by atoms with Crippen LogP contribution in [0.2, 0.25) is 0 Å². The number of guanidine groups is 1. The summed E-state index contributed by atoms with van der Waals surface area (Å²) in [6, 6.07) is 9.97. The Kier molecular flexibility index (Phi) is 6.58. The monoisotopic (exact) mass is 328 g/mol. The van der Waals surface area contributed by atoms with E-state index in [-0.39, 0.29) is 5.91 Å². The Morgan fingerprint density at radius 2 is 2.21 bits per heavy atom. The summed E-state index contributed by atoms with van der Waals surface area (Å²) in [5, 5.41) is 15.6. The first-order chi connectivity index (χ1) is 11.6. The van der Waals surface area contributed by atoms with Gasteiger partial charge in [0, 0.05) is 32.7 Å². The lowest BCUT2D eigenvalue weighted by Crippen LogP contribution is -2.49. The van der Waals surface area contributed by atoms with Crippen LogP contribution in [-0.2, 0) is 11.3 Å². The van der Waals surface area contributed by atoms with Crippen molar-refractivity contribution in [3.63, 3.8) is 0 Å². The van der Waals surface area contributed by atoms with E-state index in [1.165, 1.54) is 0 Å². The second kappa shape index (κ2) is 8.89. The van der Waals surface area contributed by atoms with Crippen molar-refractivity contribution in [1.29, 1.82) is 5.26 Å². The predicted molar refractivity (Wildman–Crippen MR) is 93.1 cm³/mol. The maximum Gasteiger partial charge on any atom is 0.231 e. The van der Waals surface area contributed by atoms with Crippen molar-refractivity contribution < 1.29 is 4.79 Å². The SMILES string of the molecule is CN=C(NCc1cccc(C#N)c1)NC1CCN(CC(N)=O)CC1. The van der Waals surface area contributed by atoms with Crippen molar-refractivity contribution in [2.75, 3.05) is 26.7 Å². The summed E-state index contributed by atoms with van der Waals surface area (Å²) in [4.78, 5) is 17.3. The number of piperidine rings is 1. The number of hydrogen-bond acceptors (Lipinski definition) is 4. The van der Waals surface area contributed by atoms with Crippen molar-refractivity contribution in [3.8, 4) is 6.07 Å². The normalized spacial score (nSPS) is 16.4. The smallest absolute Gasteiger partial charge is 0.231 e. The summed E-state index contributed by atoms with van der Waals surface area (Å²) in [6.07, 6.45) is 1.88. The molecule has 7 nitrogen and oxygen atoms in total. The highest BCUT2D eigenvalue weighted by Crippen LogP contribution is 2.10. The van der Waals surface area contributed by atoms with E-state index in [1.807, 2.05) is 18.2 Å². The van der Waals surface area contributed by atoms with Crippen LogP contribution in [0.3, 0.4) is 0 Å². The van der Waals surface area contributed by atoms with Gasteiger partial charge in [0.1, 0.15) is 0 Å². The van der Waals surface area contributed by atoms with Crippen molar-refractivity contribution in [2.45, 2.75) is 25.4 Å². The maximum atomic E-state index is 11.0. The number of nitriles is 1. The van der Waals surface area contributed by atoms with Crippen molar-refractivity contribution >= 4 is 11.9 Å². The molecule has 128 valence electrons. The van der Waals surface area contributed by atoms with Gasteiger partial charge >= 0.3 is 0 Å². The van der Waals surface area contributed by atoms with Crippen molar-refractivity contribution in [1.82, 2.24) is 15.5 Å². The third-order valence-corrected chi connectivity index (χ3v) is 4.05. The topological polar surface area (TPSA) is 107 Å². The van der Waals surface area contributed by atoms with E-state index < -0.39 is 0 Å². The number of nitrogens with one attached hydrogen (secondary N) is 2. The second-order valence-electron chi connectivity index (χ2n) is 5.90. The number of primary amides is 1. The van der Waals surface area contributed by atoms with Gasteiger partial charge in [0.15, 0.2) is 5.96 Å². The third-order valence-electron chi connectivity index (χ3n) is 4.05. The molecular weight excluding hydrogens is 304 g/mol. The second-order valence-corrected chi connectivity index (χ2v) is 5.90. The summed E-state index contributed by atoms with van der Waals surface area (Å²) in [5.74, 6) is 0.462. The molecule has 2 rings (SSSR count). The lowest BCUT2D eigenvalue weighted by Gasteiger charge is -2.32. The molecule has 0 saturated carbocycles. The minimum Gasteiger partial charge on any atom is -0.369 e. The molecule has 0 unspecified atom stereocenters. The molecule has 1 aromatic rings. The van der Waals surface area contributed by atoms with E-state index in [0.717, 1.165) is 37.5 Å². The average Bonchev–Trinajstić information content (AvgIpc) is 2.59. The van der Waals surface area contributed by atoms with Crippen LogP contribution < -0.4 is 16.4 Å². The first-order valence-corrected chi connectivity index (χ1v) is 8.07. The fraction of sp³-hybridized carbons (Fsp3) is 0.471. The van der Waals surface area contributed by atoms with E-state index in [4.69, 9.17) is 11.0 Å². The maximum absolute atomic E-state index is 11.0. The number of nitrogens with two attached hydrogens (primary N) is 1. The summed E-state index contributed by atoms with van der Waals surface area (Å²) >= 11 is 0. The van der Waals surface area contributed by atoms with Gasteiger partial charge in [0.25, 0.3) is 0 Å². The minimum atomic E-state index is -0.279. The van der Waals surface area contributed by atoms with Gasteiger partial charge in [-0.1, -0.05) is 12.1 Å². The van der Waals surface area contributed by atoms with Gasteiger partial charge in [0.2, 0.25) is 5.91 Å². The molecule has 7 heteroatoms. The van der Waals surface area contributed by atoms with E-state index in [1.54, 1.807) is 13.1 Å². The van der Waals surface area contributed by atoms with Crippen LogP contribution in [0.15, 0.2) is 29.3 Å².